The van der Waals surface area contributed by atoms with E-state index in [-0.39, 0.29) is 5.92 Å². The summed E-state index contributed by atoms with van der Waals surface area (Å²) in [5.74, 6) is -0.426. The lowest BCUT2D eigenvalue weighted by Gasteiger charge is -2.26. The van der Waals surface area contributed by atoms with Crippen LogP contribution in [0, 0.1) is 0 Å². The summed E-state index contributed by atoms with van der Waals surface area (Å²) in [5.41, 5.74) is 3.64. The fourth-order valence-corrected chi connectivity index (χ4v) is 3.27. The van der Waals surface area contributed by atoms with Crippen molar-refractivity contribution < 1.29 is 27.5 Å². The van der Waals surface area contributed by atoms with E-state index >= 15 is 0 Å². The maximum absolute atomic E-state index is 13.0. The Balaban J connectivity index is 1.87. The van der Waals surface area contributed by atoms with Crippen LogP contribution in [-0.2, 0) is 11.0 Å². The summed E-state index contributed by atoms with van der Waals surface area (Å²) in [6.45, 7) is 3.87. The van der Waals surface area contributed by atoms with Crippen LogP contribution in [0.5, 0.6) is 5.75 Å². The van der Waals surface area contributed by atoms with E-state index in [2.05, 4.69) is 12.1 Å². The maximum Gasteiger partial charge on any atom is 0.416 e. The number of hydrogen-bond donors (Lipinski definition) is 1. The van der Waals surface area contributed by atoms with Crippen LogP contribution in [0.25, 0.3) is 0 Å². The van der Waals surface area contributed by atoms with Crippen LogP contribution >= 0.6 is 0 Å². The molecule has 3 rings (SSSR count). The molecule has 2 atom stereocenters. The quantitative estimate of drug-likeness (QED) is 0.340. The van der Waals surface area contributed by atoms with Crippen LogP contribution in [0.4, 0.5) is 13.2 Å². The van der Waals surface area contributed by atoms with Crippen molar-refractivity contribution in [1.82, 2.24) is 5.48 Å². The zero-order valence-electron chi connectivity index (χ0n) is 17.3. The number of carbonyl (C=O) groups excluding carboxylic acids is 1. The first-order valence-corrected chi connectivity index (χ1v) is 9.79. The van der Waals surface area contributed by atoms with Crippen molar-refractivity contribution >= 4 is 5.97 Å². The molecule has 4 nitrogen and oxygen atoms in total. The molecule has 7 heteroatoms. The first-order valence-electron chi connectivity index (χ1n) is 9.79. The monoisotopic (exact) mass is 441 g/mol. The van der Waals surface area contributed by atoms with E-state index in [9.17, 15) is 18.0 Å². The van der Waals surface area contributed by atoms with Gasteiger partial charge in [-0.2, -0.15) is 13.2 Å². The predicted octanol–water partition coefficient (Wildman–Crippen LogP) is 6.09. The minimum absolute atomic E-state index is 0.291. The molecule has 0 radical (unpaired) electrons. The Bertz CT molecular complexity index is 1030. The summed E-state index contributed by atoms with van der Waals surface area (Å²) in [4.78, 5) is 17.8. The molecule has 0 aromatic heterocycles. The van der Waals surface area contributed by atoms with Gasteiger partial charge in [0.15, 0.2) is 0 Å². The molecule has 0 fully saturated rings. The average Bonchev–Trinajstić information content (AvgIpc) is 2.81. The topological polar surface area (TPSA) is 47.6 Å². The fraction of sp³-hybridized carbons (Fsp3) is 0.160. The highest BCUT2D eigenvalue weighted by Gasteiger charge is 2.31. The third-order valence-corrected chi connectivity index (χ3v) is 5.00. The van der Waals surface area contributed by atoms with Crippen LogP contribution < -0.4 is 10.2 Å². The molecule has 0 amide bonds. The fourth-order valence-electron chi connectivity index (χ4n) is 3.27. The van der Waals surface area contributed by atoms with Crippen LogP contribution in [0.1, 0.15) is 39.0 Å². The number of hydroxylamine groups is 1. The Labute approximate surface area is 184 Å². The number of benzene rings is 3. The lowest BCUT2D eigenvalue weighted by atomic mass is 9.87. The highest BCUT2D eigenvalue weighted by atomic mass is 19.4. The number of carbonyl (C=O) groups is 1. The van der Waals surface area contributed by atoms with Gasteiger partial charge in [0, 0.05) is 5.92 Å². The van der Waals surface area contributed by atoms with Crippen molar-refractivity contribution in [2.24, 2.45) is 0 Å². The smallest absolute Gasteiger partial charge is 0.416 e. The van der Waals surface area contributed by atoms with Crippen molar-refractivity contribution in [3.63, 3.8) is 0 Å². The first kappa shape index (κ1) is 23.1. The predicted molar refractivity (Wildman–Crippen MR) is 115 cm³/mol. The van der Waals surface area contributed by atoms with Gasteiger partial charge in [-0.3, -0.25) is 0 Å². The van der Waals surface area contributed by atoms with E-state index in [4.69, 9.17) is 9.57 Å². The second kappa shape index (κ2) is 10.2. The minimum Gasteiger partial charge on any atom is -0.497 e. The Kier molecular flexibility index (Phi) is 7.33. The van der Waals surface area contributed by atoms with E-state index in [0.29, 0.717) is 16.9 Å². The highest BCUT2D eigenvalue weighted by Crippen LogP contribution is 2.35. The molecule has 1 N–H and O–H groups in total. The molecule has 0 bridgehead atoms. The van der Waals surface area contributed by atoms with Gasteiger partial charge in [-0.05, 0) is 47.5 Å². The summed E-state index contributed by atoms with van der Waals surface area (Å²) in [7, 11) is 1.52. The number of alkyl halides is 3. The van der Waals surface area contributed by atoms with Crippen LogP contribution in [-0.4, -0.2) is 13.1 Å². The van der Waals surface area contributed by atoms with E-state index in [1.807, 2.05) is 30.3 Å². The second-order valence-corrected chi connectivity index (χ2v) is 7.01. The van der Waals surface area contributed by atoms with Gasteiger partial charge in [0.05, 0.1) is 24.3 Å². The minimum atomic E-state index is -4.44. The van der Waals surface area contributed by atoms with Gasteiger partial charge in [0.1, 0.15) is 5.75 Å². The average molecular weight is 441 g/mol. The van der Waals surface area contributed by atoms with Crippen molar-refractivity contribution in [2.45, 2.75) is 18.1 Å². The summed E-state index contributed by atoms with van der Waals surface area (Å²) >= 11 is 0. The standard InChI is InChI=1S/C25H22F3NO3/c1-3-22(17-7-5-4-6-8-17)23(18-9-13-20(14-10-18)25(26,27)28)29-32-24(30)19-11-15-21(31-2)16-12-19/h3-16,22-23,29H,1H2,2H3/t22-,23+/m0/s1. The zero-order chi connectivity index (χ0) is 23.1. The molecule has 166 valence electrons. The molecule has 0 saturated heterocycles. The number of halogens is 3. The third kappa shape index (κ3) is 5.56. The number of hydrogen-bond acceptors (Lipinski definition) is 4. The third-order valence-electron chi connectivity index (χ3n) is 5.00. The highest BCUT2D eigenvalue weighted by molar-refractivity contribution is 5.89. The normalized spacial score (nSPS) is 13.1. The van der Waals surface area contributed by atoms with Gasteiger partial charge >= 0.3 is 12.1 Å². The van der Waals surface area contributed by atoms with Gasteiger partial charge in [0.25, 0.3) is 0 Å². The second-order valence-electron chi connectivity index (χ2n) is 7.01. The zero-order valence-corrected chi connectivity index (χ0v) is 17.3. The van der Waals surface area contributed by atoms with E-state index < -0.39 is 23.8 Å². The van der Waals surface area contributed by atoms with Gasteiger partial charge in [-0.15, -0.1) is 12.1 Å². The molecule has 0 aliphatic carbocycles. The summed E-state index contributed by atoms with van der Waals surface area (Å²) in [6.07, 6.45) is -2.79. The molecule has 0 saturated carbocycles. The maximum atomic E-state index is 13.0. The Morgan fingerprint density at radius 1 is 0.938 bits per heavy atom. The van der Waals surface area contributed by atoms with Crippen molar-refractivity contribution in [1.29, 1.82) is 0 Å². The van der Waals surface area contributed by atoms with Crippen LogP contribution in [0.15, 0.2) is 91.5 Å². The lowest BCUT2D eigenvalue weighted by Crippen LogP contribution is -2.29. The summed E-state index contributed by atoms with van der Waals surface area (Å²) < 4.78 is 44.1. The van der Waals surface area contributed by atoms with E-state index in [1.54, 1.807) is 30.3 Å². The summed E-state index contributed by atoms with van der Waals surface area (Å²) in [6, 6.07) is 19.7. The van der Waals surface area contributed by atoms with Crippen molar-refractivity contribution in [3.05, 3.63) is 114 Å². The molecule has 0 unspecified atom stereocenters. The number of ether oxygens (including phenoxy) is 1. The van der Waals surface area contributed by atoms with Crippen molar-refractivity contribution in [2.75, 3.05) is 7.11 Å². The molecular formula is C25H22F3NO3. The molecule has 0 spiro atoms. The molecule has 0 aliphatic heterocycles. The van der Waals surface area contributed by atoms with Gasteiger partial charge in [-0.1, -0.05) is 48.5 Å². The number of methoxy groups -OCH3 is 1. The molecule has 0 aliphatic rings. The largest absolute Gasteiger partial charge is 0.497 e. The summed E-state index contributed by atoms with van der Waals surface area (Å²) in [5, 5.41) is 0. The Morgan fingerprint density at radius 3 is 2.09 bits per heavy atom. The van der Waals surface area contributed by atoms with Gasteiger partial charge < -0.3 is 9.57 Å². The molecule has 0 heterocycles. The van der Waals surface area contributed by atoms with Gasteiger partial charge in [0.2, 0.25) is 0 Å². The van der Waals surface area contributed by atoms with Gasteiger partial charge in [-0.25, -0.2) is 4.79 Å². The van der Waals surface area contributed by atoms with Crippen LogP contribution in [0.2, 0.25) is 0 Å². The van der Waals surface area contributed by atoms with Crippen LogP contribution in [0.3, 0.4) is 0 Å². The SMILES string of the molecule is C=C[C@@H](c1ccccc1)[C@H](NOC(=O)c1ccc(OC)cc1)c1ccc(C(F)(F)F)cc1. The van der Waals surface area contributed by atoms with E-state index in [0.717, 1.165) is 17.7 Å². The Hall–Kier alpha value is -3.58. The molecule has 3 aromatic rings. The first-order chi connectivity index (χ1) is 15.3. The lowest BCUT2D eigenvalue weighted by molar-refractivity contribution is -0.137. The Morgan fingerprint density at radius 2 is 1.56 bits per heavy atom. The number of nitrogens with one attached hydrogen (secondary N) is 1. The van der Waals surface area contributed by atoms with Crippen molar-refractivity contribution in [3.8, 4) is 5.75 Å². The molecule has 3 aromatic carbocycles. The van der Waals surface area contributed by atoms with E-state index in [1.165, 1.54) is 19.2 Å². The molecule has 32 heavy (non-hydrogen) atoms. The number of rotatable bonds is 8. The molecular weight excluding hydrogens is 419 g/mol.